The van der Waals surface area contributed by atoms with Gasteiger partial charge in [0.1, 0.15) is 11.8 Å². The Labute approximate surface area is 166 Å². The number of hydrogen-bond donors (Lipinski definition) is 1. The van der Waals surface area contributed by atoms with Gasteiger partial charge in [0.15, 0.2) is 10.9 Å². The number of para-hydroxylation sites is 1. The summed E-state index contributed by atoms with van der Waals surface area (Å²) in [6, 6.07) is 14.7. The highest BCUT2D eigenvalue weighted by Gasteiger charge is 2.09. The normalized spacial score (nSPS) is 10.3. The first-order valence-electron chi connectivity index (χ1n) is 8.17. The molecule has 7 heteroatoms. The van der Waals surface area contributed by atoms with Crippen molar-refractivity contribution in [2.75, 3.05) is 11.9 Å². The molecule has 0 aliphatic rings. The molecule has 0 aliphatic heterocycles. The highest BCUT2D eigenvalue weighted by molar-refractivity contribution is 8.01. The molecular weight excluding hydrogens is 378 g/mol. The van der Waals surface area contributed by atoms with Gasteiger partial charge in [-0.05, 0) is 49.7 Å². The SMILES string of the molecule is Cc1csc(Sc2ccc(NC(=O)COc3ccccc3C#N)c(C)c2)n1. The number of aryl methyl sites for hydroxylation is 2. The minimum Gasteiger partial charge on any atom is -0.482 e. The van der Waals surface area contributed by atoms with Crippen LogP contribution in [0.1, 0.15) is 16.8 Å². The van der Waals surface area contributed by atoms with Crippen molar-refractivity contribution < 1.29 is 9.53 Å². The number of carbonyl (C=O) groups is 1. The van der Waals surface area contributed by atoms with Crippen LogP contribution in [0.4, 0.5) is 5.69 Å². The first-order chi connectivity index (χ1) is 13.0. The summed E-state index contributed by atoms with van der Waals surface area (Å²) in [5.41, 5.74) is 3.11. The lowest BCUT2D eigenvalue weighted by molar-refractivity contribution is -0.118. The third-order valence-electron chi connectivity index (χ3n) is 3.64. The standard InChI is InChI=1S/C20H17N3O2S2/c1-13-9-16(27-20-22-14(2)12-26-20)7-8-17(13)23-19(24)11-25-18-6-4-3-5-15(18)10-21/h3-9,12H,11H2,1-2H3,(H,23,24). The number of aromatic nitrogens is 1. The van der Waals surface area contributed by atoms with E-state index < -0.39 is 0 Å². The van der Waals surface area contributed by atoms with Crippen LogP contribution in [0.25, 0.3) is 0 Å². The molecule has 0 saturated carbocycles. The topological polar surface area (TPSA) is 75.0 Å². The number of carbonyl (C=O) groups excluding carboxylic acids is 1. The zero-order chi connectivity index (χ0) is 19.2. The lowest BCUT2D eigenvalue weighted by Crippen LogP contribution is -2.20. The minimum atomic E-state index is -0.276. The van der Waals surface area contributed by atoms with E-state index in [2.05, 4.69) is 10.3 Å². The van der Waals surface area contributed by atoms with Gasteiger partial charge in [-0.2, -0.15) is 5.26 Å². The largest absolute Gasteiger partial charge is 0.482 e. The van der Waals surface area contributed by atoms with Crippen molar-refractivity contribution in [1.82, 2.24) is 4.98 Å². The summed E-state index contributed by atoms with van der Waals surface area (Å²) in [5.74, 6) is 0.124. The molecule has 1 heterocycles. The van der Waals surface area contributed by atoms with Crippen LogP contribution in [-0.4, -0.2) is 17.5 Å². The Morgan fingerprint density at radius 1 is 1.30 bits per heavy atom. The Balaban J connectivity index is 1.60. The van der Waals surface area contributed by atoms with Crippen molar-refractivity contribution in [3.05, 3.63) is 64.7 Å². The Morgan fingerprint density at radius 3 is 2.81 bits per heavy atom. The predicted octanol–water partition coefficient (Wildman–Crippen LogP) is 4.80. The molecule has 3 rings (SSSR count). The molecule has 27 heavy (non-hydrogen) atoms. The molecule has 1 aromatic heterocycles. The zero-order valence-corrected chi connectivity index (χ0v) is 16.5. The predicted molar refractivity (Wildman–Crippen MR) is 107 cm³/mol. The molecule has 3 aromatic rings. The van der Waals surface area contributed by atoms with E-state index in [1.165, 1.54) is 0 Å². The summed E-state index contributed by atoms with van der Waals surface area (Å²) in [5, 5.41) is 13.9. The summed E-state index contributed by atoms with van der Waals surface area (Å²) in [6.07, 6.45) is 0. The number of nitrogens with one attached hydrogen (secondary N) is 1. The highest BCUT2D eigenvalue weighted by Crippen LogP contribution is 2.32. The second-order valence-corrected chi connectivity index (χ2v) is 7.96. The fraction of sp³-hybridized carbons (Fsp3) is 0.150. The van der Waals surface area contributed by atoms with Crippen molar-refractivity contribution in [2.45, 2.75) is 23.1 Å². The highest BCUT2D eigenvalue weighted by atomic mass is 32.2. The monoisotopic (exact) mass is 395 g/mol. The zero-order valence-electron chi connectivity index (χ0n) is 14.9. The Bertz CT molecular complexity index is 1010. The van der Waals surface area contributed by atoms with Crippen LogP contribution in [0, 0.1) is 25.2 Å². The van der Waals surface area contributed by atoms with E-state index >= 15 is 0 Å². The smallest absolute Gasteiger partial charge is 0.262 e. The van der Waals surface area contributed by atoms with Crippen molar-refractivity contribution in [3.8, 4) is 11.8 Å². The van der Waals surface area contributed by atoms with Gasteiger partial charge in [-0.1, -0.05) is 23.9 Å². The molecule has 0 spiro atoms. The van der Waals surface area contributed by atoms with Crippen LogP contribution >= 0.6 is 23.1 Å². The number of rotatable bonds is 6. The molecule has 1 amide bonds. The van der Waals surface area contributed by atoms with E-state index in [1.807, 2.05) is 43.5 Å². The molecule has 5 nitrogen and oxygen atoms in total. The summed E-state index contributed by atoms with van der Waals surface area (Å²) in [6.45, 7) is 3.76. The molecule has 1 N–H and O–H groups in total. The summed E-state index contributed by atoms with van der Waals surface area (Å²) >= 11 is 3.22. The van der Waals surface area contributed by atoms with E-state index in [0.717, 1.165) is 26.2 Å². The van der Waals surface area contributed by atoms with E-state index in [1.54, 1.807) is 47.4 Å². The molecular formula is C20H17N3O2S2. The average molecular weight is 396 g/mol. The molecule has 0 saturated heterocycles. The lowest BCUT2D eigenvalue weighted by Gasteiger charge is -2.11. The molecule has 0 fully saturated rings. The molecule has 0 bridgehead atoms. The Morgan fingerprint density at radius 2 is 2.11 bits per heavy atom. The third kappa shape index (κ3) is 5.09. The number of thiazole rings is 1. The van der Waals surface area contributed by atoms with Crippen LogP contribution in [0.2, 0.25) is 0 Å². The second kappa shape index (κ2) is 8.71. The van der Waals surface area contributed by atoms with Gasteiger partial charge in [-0.3, -0.25) is 4.79 Å². The molecule has 0 radical (unpaired) electrons. The van der Waals surface area contributed by atoms with Crippen LogP contribution < -0.4 is 10.1 Å². The Hall–Kier alpha value is -2.82. The molecule has 136 valence electrons. The van der Waals surface area contributed by atoms with Crippen LogP contribution in [-0.2, 0) is 4.79 Å². The van der Waals surface area contributed by atoms with E-state index in [4.69, 9.17) is 10.00 Å². The van der Waals surface area contributed by atoms with Gasteiger partial charge in [0.2, 0.25) is 0 Å². The second-order valence-electron chi connectivity index (χ2n) is 5.78. The fourth-order valence-corrected chi connectivity index (χ4v) is 4.24. The van der Waals surface area contributed by atoms with Gasteiger partial charge in [-0.25, -0.2) is 4.98 Å². The van der Waals surface area contributed by atoms with E-state index in [-0.39, 0.29) is 12.5 Å². The maximum absolute atomic E-state index is 12.2. The maximum Gasteiger partial charge on any atom is 0.262 e. The van der Waals surface area contributed by atoms with Gasteiger partial charge >= 0.3 is 0 Å². The van der Waals surface area contributed by atoms with Crippen molar-refractivity contribution in [2.24, 2.45) is 0 Å². The third-order valence-corrected chi connectivity index (χ3v) is 5.69. The van der Waals surface area contributed by atoms with Gasteiger partial charge in [0, 0.05) is 21.7 Å². The van der Waals surface area contributed by atoms with Crippen LogP contribution in [0.3, 0.4) is 0 Å². The lowest BCUT2D eigenvalue weighted by atomic mass is 10.2. The van der Waals surface area contributed by atoms with Crippen molar-refractivity contribution in [3.63, 3.8) is 0 Å². The number of ether oxygens (including phenoxy) is 1. The molecule has 2 aromatic carbocycles. The maximum atomic E-state index is 12.2. The van der Waals surface area contributed by atoms with Gasteiger partial charge < -0.3 is 10.1 Å². The number of hydrogen-bond acceptors (Lipinski definition) is 6. The van der Waals surface area contributed by atoms with E-state index in [0.29, 0.717) is 11.3 Å². The minimum absolute atomic E-state index is 0.160. The number of benzene rings is 2. The number of anilines is 1. The number of amides is 1. The van der Waals surface area contributed by atoms with E-state index in [9.17, 15) is 4.79 Å². The quantitative estimate of drug-likeness (QED) is 0.649. The first kappa shape index (κ1) is 19.0. The average Bonchev–Trinajstić information content (AvgIpc) is 3.07. The van der Waals surface area contributed by atoms with Crippen molar-refractivity contribution in [1.29, 1.82) is 5.26 Å². The van der Waals surface area contributed by atoms with Crippen molar-refractivity contribution >= 4 is 34.7 Å². The van der Waals surface area contributed by atoms with Gasteiger partial charge in [0.05, 0.1) is 5.56 Å². The number of nitrogens with zero attached hydrogens (tertiary/aromatic N) is 2. The van der Waals surface area contributed by atoms with Gasteiger partial charge in [-0.15, -0.1) is 11.3 Å². The molecule has 0 aliphatic carbocycles. The van der Waals surface area contributed by atoms with Gasteiger partial charge in [0.25, 0.3) is 5.91 Å². The number of nitriles is 1. The summed E-state index contributed by atoms with van der Waals surface area (Å²) < 4.78 is 6.46. The molecule has 0 unspecified atom stereocenters. The summed E-state index contributed by atoms with van der Waals surface area (Å²) in [7, 11) is 0. The van der Waals surface area contributed by atoms with Crippen LogP contribution in [0.5, 0.6) is 5.75 Å². The first-order valence-corrected chi connectivity index (χ1v) is 9.87. The summed E-state index contributed by atoms with van der Waals surface area (Å²) in [4.78, 5) is 17.7. The fourth-order valence-electron chi connectivity index (χ4n) is 2.33. The Kier molecular flexibility index (Phi) is 6.12. The van der Waals surface area contributed by atoms with Crippen LogP contribution in [0.15, 0.2) is 57.1 Å². The molecule has 0 atom stereocenters.